The van der Waals surface area contributed by atoms with E-state index < -0.39 is 0 Å². The van der Waals surface area contributed by atoms with Crippen LogP contribution in [0.5, 0.6) is 0 Å². The first-order chi connectivity index (χ1) is 12.1. The Bertz CT molecular complexity index is 873. The topological polar surface area (TPSA) is 46.2 Å². The number of amides is 1. The first-order valence-electron chi connectivity index (χ1n) is 8.21. The van der Waals surface area contributed by atoms with Crippen molar-refractivity contribution in [2.24, 2.45) is 0 Å². The number of carbonyl (C=O) groups is 2. The molecule has 3 aromatic rings. The summed E-state index contributed by atoms with van der Waals surface area (Å²) in [4.78, 5) is 25.0. The standard InChI is InChI=1S/C22H19NO2/c1-16(22(25)23-20-13-6-3-7-14-20)18-11-8-12-19(15-18)21(24)17-9-4-2-5-10-17/h2-16H,1H3,(H,23,25)/t16-/m0/s1. The molecule has 0 aliphatic carbocycles. The van der Waals surface area contributed by atoms with Gasteiger partial charge in [-0.2, -0.15) is 0 Å². The van der Waals surface area contributed by atoms with E-state index in [-0.39, 0.29) is 17.6 Å². The highest BCUT2D eigenvalue weighted by Crippen LogP contribution is 2.20. The summed E-state index contributed by atoms with van der Waals surface area (Å²) < 4.78 is 0. The Morgan fingerprint density at radius 1 is 0.760 bits per heavy atom. The van der Waals surface area contributed by atoms with E-state index in [9.17, 15) is 9.59 Å². The maximum atomic E-state index is 12.6. The van der Waals surface area contributed by atoms with Crippen molar-refractivity contribution < 1.29 is 9.59 Å². The average molecular weight is 329 g/mol. The smallest absolute Gasteiger partial charge is 0.231 e. The number of carbonyl (C=O) groups excluding carboxylic acids is 2. The molecule has 3 aromatic carbocycles. The Hall–Kier alpha value is -3.20. The third-order valence-corrected chi connectivity index (χ3v) is 4.12. The number of ketones is 1. The number of hydrogen-bond acceptors (Lipinski definition) is 2. The lowest BCUT2D eigenvalue weighted by atomic mass is 9.95. The van der Waals surface area contributed by atoms with Crippen molar-refractivity contribution in [3.05, 3.63) is 102 Å². The van der Waals surface area contributed by atoms with Crippen LogP contribution in [-0.2, 0) is 4.79 Å². The summed E-state index contributed by atoms with van der Waals surface area (Å²) in [6, 6.07) is 25.8. The molecule has 1 amide bonds. The van der Waals surface area contributed by atoms with Gasteiger partial charge in [0.25, 0.3) is 0 Å². The van der Waals surface area contributed by atoms with Gasteiger partial charge in [-0.1, -0.05) is 66.7 Å². The first-order valence-corrected chi connectivity index (χ1v) is 8.21. The molecule has 1 N–H and O–H groups in total. The fourth-order valence-corrected chi connectivity index (χ4v) is 2.63. The third kappa shape index (κ3) is 4.01. The molecule has 0 unspecified atom stereocenters. The highest BCUT2D eigenvalue weighted by molar-refractivity contribution is 6.09. The predicted octanol–water partition coefficient (Wildman–Crippen LogP) is 4.66. The summed E-state index contributed by atoms with van der Waals surface area (Å²) in [6.45, 7) is 1.84. The average Bonchev–Trinajstić information content (AvgIpc) is 2.68. The molecule has 0 bridgehead atoms. The second kappa shape index (κ2) is 7.58. The maximum absolute atomic E-state index is 12.6. The lowest BCUT2D eigenvalue weighted by Gasteiger charge is -2.13. The first kappa shape index (κ1) is 16.7. The number of nitrogens with one attached hydrogen (secondary N) is 1. The number of para-hydroxylation sites is 1. The van der Waals surface area contributed by atoms with Crippen molar-refractivity contribution in [3.8, 4) is 0 Å². The number of hydrogen-bond donors (Lipinski definition) is 1. The second-order valence-electron chi connectivity index (χ2n) is 5.90. The molecule has 0 saturated heterocycles. The maximum Gasteiger partial charge on any atom is 0.231 e. The zero-order valence-corrected chi connectivity index (χ0v) is 14.0. The quantitative estimate of drug-likeness (QED) is 0.692. The van der Waals surface area contributed by atoms with Gasteiger partial charge in [-0.3, -0.25) is 9.59 Å². The minimum Gasteiger partial charge on any atom is -0.326 e. The molecule has 0 fully saturated rings. The minimum atomic E-state index is -0.358. The summed E-state index contributed by atoms with van der Waals surface area (Å²) in [7, 11) is 0. The number of rotatable bonds is 5. The van der Waals surface area contributed by atoms with Gasteiger partial charge in [0.1, 0.15) is 0 Å². The number of anilines is 1. The molecule has 25 heavy (non-hydrogen) atoms. The monoisotopic (exact) mass is 329 g/mol. The Morgan fingerprint density at radius 3 is 2.04 bits per heavy atom. The summed E-state index contributed by atoms with van der Waals surface area (Å²) in [6.07, 6.45) is 0. The van der Waals surface area contributed by atoms with Gasteiger partial charge in [0.15, 0.2) is 5.78 Å². The van der Waals surface area contributed by atoms with E-state index >= 15 is 0 Å². The van der Waals surface area contributed by atoms with E-state index in [1.54, 1.807) is 24.3 Å². The molecule has 1 atom stereocenters. The summed E-state index contributed by atoms with van der Waals surface area (Å²) in [5.41, 5.74) is 2.80. The van der Waals surface area contributed by atoms with Crippen LogP contribution in [0.2, 0.25) is 0 Å². The van der Waals surface area contributed by atoms with Gasteiger partial charge in [-0.25, -0.2) is 0 Å². The van der Waals surface area contributed by atoms with E-state index in [0.29, 0.717) is 11.1 Å². The van der Waals surface area contributed by atoms with Crippen LogP contribution in [0.1, 0.15) is 34.3 Å². The van der Waals surface area contributed by atoms with E-state index in [2.05, 4.69) is 5.32 Å². The molecule has 3 rings (SSSR count). The number of benzene rings is 3. The molecular weight excluding hydrogens is 310 g/mol. The molecular formula is C22H19NO2. The molecule has 0 aliphatic rings. The van der Waals surface area contributed by atoms with Crippen LogP contribution in [0.3, 0.4) is 0 Å². The predicted molar refractivity (Wildman–Crippen MR) is 99.8 cm³/mol. The van der Waals surface area contributed by atoms with Gasteiger partial charge in [0.05, 0.1) is 5.92 Å². The SMILES string of the molecule is C[C@H](C(=O)Nc1ccccc1)c1cccc(C(=O)c2ccccc2)c1. The van der Waals surface area contributed by atoms with Gasteiger partial charge in [-0.05, 0) is 30.7 Å². The molecule has 0 saturated carbocycles. The molecule has 0 spiro atoms. The van der Waals surface area contributed by atoms with Gasteiger partial charge in [-0.15, -0.1) is 0 Å². The zero-order chi connectivity index (χ0) is 17.6. The summed E-state index contributed by atoms with van der Waals surface area (Å²) in [5.74, 6) is -0.502. The van der Waals surface area contributed by atoms with Gasteiger partial charge >= 0.3 is 0 Å². The van der Waals surface area contributed by atoms with E-state index in [1.807, 2.05) is 67.6 Å². The molecule has 0 heterocycles. The van der Waals surface area contributed by atoms with Crippen LogP contribution in [0.15, 0.2) is 84.9 Å². The van der Waals surface area contributed by atoms with E-state index in [4.69, 9.17) is 0 Å². The highest BCUT2D eigenvalue weighted by Gasteiger charge is 2.17. The van der Waals surface area contributed by atoms with Crippen molar-refractivity contribution in [1.29, 1.82) is 0 Å². The highest BCUT2D eigenvalue weighted by atomic mass is 16.2. The summed E-state index contributed by atoms with van der Waals surface area (Å²) in [5, 5.41) is 2.90. The van der Waals surface area contributed by atoms with Crippen LogP contribution in [-0.4, -0.2) is 11.7 Å². The van der Waals surface area contributed by atoms with Crippen LogP contribution < -0.4 is 5.32 Å². The molecule has 0 aromatic heterocycles. The van der Waals surface area contributed by atoms with Crippen LogP contribution in [0.4, 0.5) is 5.69 Å². The van der Waals surface area contributed by atoms with Crippen molar-refractivity contribution in [1.82, 2.24) is 0 Å². The fraction of sp³-hybridized carbons (Fsp3) is 0.0909. The molecule has 0 aliphatic heterocycles. The van der Waals surface area contributed by atoms with E-state index in [0.717, 1.165) is 11.3 Å². The van der Waals surface area contributed by atoms with Crippen molar-refractivity contribution >= 4 is 17.4 Å². The minimum absolute atomic E-state index is 0.0434. The lowest BCUT2D eigenvalue weighted by Crippen LogP contribution is -2.19. The van der Waals surface area contributed by atoms with Crippen molar-refractivity contribution in [2.45, 2.75) is 12.8 Å². The summed E-state index contributed by atoms with van der Waals surface area (Å²) >= 11 is 0. The van der Waals surface area contributed by atoms with Gasteiger partial charge in [0, 0.05) is 16.8 Å². The normalized spacial score (nSPS) is 11.6. The molecule has 3 nitrogen and oxygen atoms in total. The van der Waals surface area contributed by atoms with Crippen molar-refractivity contribution in [2.75, 3.05) is 5.32 Å². The Kier molecular flexibility index (Phi) is 5.05. The van der Waals surface area contributed by atoms with Gasteiger partial charge < -0.3 is 5.32 Å². The fourth-order valence-electron chi connectivity index (χ4n) is 2.63. The van der Waals surface area contributed by atoms with E-state index in [1.165, 1.54) is 0 Å². The Labute approximate surface area is 147 Å². The van der Waals surface area contributed by atoms with Gasteiger partial charge in [0.2, 0.25) is 5.91 Å². The van der Waals surface area contributed by atoms with Crippen LogP contribution in [0, 0.1) is 0 Å². The Balaban J connectivity index is 1.79. The van der Waals surface area contributed by atoms with Crippen molar-refractivity contribution in [3.63, 3.8) is 0 Å². The van der Waals surface area contributed by atoms with Crippen LogP contribution >= 0.6 is 0 Å². The second-order valence-corrected chi connectivity index (χ2v) is 5.90. The van der Waals surface area contributed by atoms with Crippen LogP contribution in [0.25, 0.3) is 0 Å². The largest absolute Gasteiger partial charge is 0.326 e. The Morgan fingerprint density at radius 2 is 1.36 bits per heavy atom. The third-order valence-electron chi connectivity index (χ3n) is 4.12. The molecule has 3 heteroatoms. The molecule has 124 valence electrons. The lowest BCUT2D eigenvalue weighted by molar-refractivity contribution is -0.117. The zero-order valence-electron chi connectivity index (χ0n) is 14.0. The molecule has 0 radical (unpaired) electrons.